The first-order valence-corrected chi connectivity index (χ1v) is 7.11. The van der Waals surface area contributed by atoms with Crippen LogP contribution in [0.1, 0.15) is 12.5 Å². The Hall–Kier alpha value is -0.420. The first-order chi connectivity index (χ1) is 8.55. The Morgan fingerprint density at radius 1 is 1.28 bits per heavy atom. The van der Waals surface area contributed by atoms with E-state index >= 15 is 0 Å². The van der Waals surface area contributed by atoms with E-state index in [0.29, 0.717) is 13.0 Å². The van der Waals surface area contributed by atoms with Crippen molar-refractivity contribution in [2.24, 2.45) is 0 Å². The van der Waals surface area contributed by atoms with Gasteiger partial charge in [0, 0.05) is 30.5 Å². The number of morpholine rings is 1. The molecular weight excluding hydrogens is 294 g/mol. The molecule has 1 aromatic carbocycles. The quantitative estimate of drug-likeness (QED) is 0.923. The summed E-state index contributed by atoms with van der Waals surface area (Å²) in [6.07, 6.45) is 0.678. The first kappa shape index (κ1) is 14.0. The number of hydrogen-bond acceptors (Lipinski definition) is 3. The van der Waals surface area contributed by atoms with Crippen LogP contribution in [-0.4, -0.2) is 48.5 Å². The highest BCUT2D eigenvalue weighted by Gasteiger charge is 2.25. The Morgan fingerprint density at radius 2 is 1.89 bits per heavy atom. The van der Waals surface area contributed by atoms with Crippen LogP contribution in [0.3, 0.4) is 0 Å². The second-order valence-corrected chi connectivity index (χ2v) is 6.10. The molecule has 1 aliphatic rings. The normalized spacial score (nSPS) is 20.6. The van der Waals surface area contributed by atoms with Crippen LogP contribution in [-0.2, 0) is 11.2 Å². The first-order valence-electron chi connectivity index (χ1n) is 6.32. The third-order valence-electron chi connectivity index (χ3n) is 3.17. The van der Waals surface area contributed by atoms with E-state index in [9.17, 15) is 5.11 Å². The van der Waals surface area contributed by atoms with Crippen molar-refractivity contribution in [1.82, 2.24) is 4.90 Å². The van der Waals surface area contributed by atoms with Gasteiger partial charge in [0.15, 0.2) is 0 Å². The van der Waals surface area contributed by atoms with E-state index in [4.69, 9.17) is 4.74 Å². The lowest BCUT2D eigenvalue weighted by Gasteiger charge is -2.34. The molecule has 1 aromatic rings. The lowest BCUT2D eigenvalue weighted by molar-refractivity contribution is -0.0222. The van der Waals surface area contributed by atoms with Gasteiger partial charge in [-0.05, 0) is 24.6 Å². The van der Waals surface area contributed by atoms with Gasteiger partial charge in [0.1, 0.15) is 0 Å². The molecule has 1 unspecified atom stereocenters. The van der Waals surface area contributed by atoms with Gasteiger partial charge in [-0.25, -0.2) is 0 Å². The van der Waals surface area contributed by atoms with Crippen LogP contribution in [0.4, 0.5) is 0 Å². The second kappa shape index (κ2) is 6.15. The molecule has 1 heterocycles. The lowest BCUT2D eigenvalue weighted by atomic mass is 9.96. The molecule has 0 aliphatic carbocycles. The molecule has 1 saturated heterocycles. The molecule has 1 aliphatic heterocycles. The molecular formula is C14H20BrNO2. The maximum absolute atomic E-state index is 10.5. The van der Waals surface area contributed by atoms with Crippen LogP contribution in [0.15, 0.2) is 28.7 Å². The number of β-amino-alcohol motifs (C(OH)–C–C–N with tert-alkyl or cyclic N) is 1. The number of nitrogens with zero attached hydrogens (tertiary/aromatic N) is 1. The van der Waals surface area contributed by atoms with Gasteiger partial charge in [-0.1, -0.05) is 28.1 Å². The molecule has 1 fully saturated rings. The van der Waals surface area contributed by atoms with E-state index in [2.05, 4.69) is 33.0 Å². The number of benzene rings is 1. The second-order valence-electron chi connectivity index (χ2n) is 5.19. The molecule has 3 nitrogen and oxygen atoms in total. The zero-order valence-electron chi connectivity index (χ0n) is 10.7. The minimum absolute atomic E-state index is 0.678. The Labute approximate surface area is 117 Å². The van der Waals surface area contributed by atoms with Crippen molar-refractivity contribution in [1.29, 1.82) is 0 Å². The van der Waals surface area contributed by atoms with E-state index in [1.807, 2.05) is 19.1 Å². The molecule has 100 valence electrons. The SMILES string of the molecule is CC(O)(Cc1ccc(Br)cc1)CN1CCOCC1. The molecule has 1 atom stereocenters. The third kappa shape index (κ3) is 4.35. The van der Waals surface area contributed by atoms with Crippen LogP contribution >= 0.6 is 15.9 Å². The van der Waals surface area contributed by atoms with Crippen LogP contribution in [0.5, 0.6) is 0 Å². The van der Waals surface area contributed by atoms with E-state index in [0.717, 1.165) is 36.3 Å². The average molecular weight is 314 g/mol. The summed E-state index contributed by atoms with van der Waals surface area (Å²) in [6, 6.07) is 8.13. The molecule has 4 heteroatoms. The van der Waals surface area contributed by atoms with Gasteiger partial charge in [-0.2, -0.15) is 0 Å². The van der Waals surface area contributed by atoms with Gasteiger partial charge in [-0.3, -0.25) is 4.90 Å². The topological polar surface area (TPSA) is 32.7 Å². The average Bonchev–Trinajstić information content (AvgIpc) is 2.32. The summed E-state index contributed by atoms with van der Waals surface area (Å²) in [6.45, 7) is 5.98. The zero-order valence-corrected chi connectivity index (χ0v) is 12.3. The molecule has 0 bridgehead atoms. The third-order valence-corrected chi connectivity index (χ3v) is 3.69. The molecule has 0 amide bonds. The van der Waals surface area contributed by atoms with Gasteiger partial charge in [0.05, 0.1) is 18.8 Å². The van der Waals surface area contributed by atoms with Crippen LogP contribution in [0.2, 0.25) is 0 Å². The van der Waals surface area contributed by atoms with E-state index < -0.39 is 5.60 Å². The van der Waals surface area contributed by atoms with Gasteiger partial charge < -0.3 is 9.84 Å². The van der Waals surface area contributed by atoms with Crippen LogP contribution < -0.4 is 0 Å². The summed E-state index contributed by atoms with van der Waals surface area (Å²) in [5, 5.41) is 10.5. The Balaban J connectivity index is 1.91. The van der Waals surface area contributed by atoms with E-state index in [1.54, 1.807) is 0 Å². The maximum atomic E-state index is 10.5. The Kier molecular flexibility index (Phi) is 4.78. The monoisotopic (exact) mass is 313 g/mol. The number of aliphatic hydroxyl groups is 1. The largest absolute Gasteiger partial charge is 0.388 e. The van der Waals surface area contributed by atoms with Crippen molar-refractivity contribution in [2.75, 3.05) is 32.8 Å². The van der Waals surface area contributed by atoms with Gasteiger partial charge in [0.2, 0.25) is 0 Å². The van der Waals surface area contributed by atoms with Gasteiger partial charge >= 0.3 is 0 Å². The summed E-state index contributed by atoms with van der Waals surface area (Å²) in [5.74, 6) is 0. The number of hydrogen-bond donors (Lipinski definition) is 1. The zero-order chi connectivity index (χ0) is 13.0. The Bertz CT molecular complexity index is 372. The van der Waals surface area contributed by atoms with Gasteiger partial charge in [-0.15, -0.1) is 0 Å². The molecule has 2 rings (SSSR count). The molecule has 0 saturated carbocycles. The highest BCUT2D eigenvalue weighted by atomic mass is 79.9. The maximum Gasteiger partial charge on any atom is 0.0786 e. The van der Waals surface area contributed by atoms with Crippen molar-refractivity contribution in [3.05, 3.63) is 34.3 Å². The van der Waals surface area contributed by atoms with E-state index in [1.165, 1.54) is 0 Å². The highest BCUT2D eigenvalue weighted by molar-refractivity contribution is 9.10. The smallest absolute Gasteiger partial charge is 0.0786 e. The van der Waals surface area contributed by atoms with Crippen molar-refractivity contribution < 1.29 is 9.84 Å². The number of ether oxygens (including phenoxy) is 1. The fourth-order valence-corrected chi connectivity index (χ4v) is 2.60. The molecule has 18 heavy (non-hydrogen) atoms. The van der Waals surface area contributed by atoms with Crippen molar-refractivity contribution in [3.63, 3.8) is 0 Å². The summed E-state index contributed by atoms with van der Waals surface area (Å²) in [7, 11) is 0. The van der Waals surface area contributed by atoms with Crippen molar-refractivity contribution >= 4 is 15.9 Å². The standard InChI is InChI=1S/C14H20BrNO2/c1-14(17,11-16-6-8-18-9-7-16)10-12-2-4-13(15)5-3-12/h2-5,17H,6-11H2,1H3. The van der Waals surface area contributed by atoms with Crippen molar-refractivity contribution in [2.45, 2.75) is 18.9 Å². The molecule has 1 N–H and O–H groups in total. The van der Waals surface area contributed by atoms with Crippen LogP contribution in [0.25, 0.3) is 0 Å². The van der Waals surface area contributed by atoms with Crippen molar-refractivity contribution in [3.8, 4) is 0 Å². The highest BCUT2D eigenvalue weighted by Crippen LogP contribution is 2.18. The van der Waals surface area contributed by atoms with Gasteiger partial charge in [0.25, 0.3) is 0 Å². The Morgan fingerprint density at radius 3 is 2.50 bits per heavy atom. The van der Waals surface area contributed by atoms with E-state index in [-0.39, 0.29) is 0 Å². The number of halogens is 1. The molecule has 0 aromatic heterocycles. The lowest BCUT2D eigenvalue weighted by Crippen LogP contribution is -2.47. The summed E-state index contributed by atoms with van der Waals surface area (Å²) in [4.78, 5) is 2.27. The summed E-state index contributed by atoms with van der Waals surface area (Å²) in [5.41, 5.74) is 0.474. The predicted octanol–water partition coefficient (Wildman–Crippen LogP) is 2.07. The minimum Gasteiger partial charge on any atom is -0.388 e. The summed E-state index contributed by atoms with van der Waals surface area (Å²) >= 11 is 3.42. The summed E-state index contributed by atoms with van der Waals surface area (Å²) < 4.78 is 6.39. The predicted molar refractivity (Wildman–Crippen MR) is 75.7 cm³/mol. The van der Waals surface area contributed by atoms with Crippen LogP contribution in [0, 0.1) is 0 Å². The minimum atomic E-state index is -0.689. The fraction of sp³-hybridized carbons (Fsp3) is 0.571. The molecule has 0 radical (unpaired) electrons. The molecule has 0 spiro atoms. The fourth-order valence-electron chi connectivity index (χ4n) is 2.34. The number of rotatable bonds is 4.